The third-order valence-corrected chi connectivity index (χ3v) is 8.00. The van der Waals surface area contributed by atoms with Crippen LogP contribution in [0.2, 0.25) is 0 Å². The molecule has 0 atom stereocenters. The maximum Gasteiger partial charge on any atom is 0.0468 e. The van der Waals surface area contributed by atoms with Crippen molar-refractivity contribution < 1.29 is 0 Å². The monoisotopic (exact) mass is 483 g/mol. The summed E-state index contributed by atoms with van der Waals surface area (Å²) in [5.41, 5.74) is 17.9. The lowest BCUT2D eigenvalue weighted by Crippen LogP contribution is -2.10. The van der Waals surface area contributed by atoms with E-state index >= 15 is 0 Å². The molecule has 0 heterocycles. The predicted molar refractivity (Wildman–Crippen MR) is 160 cm³/mol. The Kier molecular flexibility index (Phi) is 4.50. The lowest BCUT2D eigenvalue weighted by atomic mass is 9.83. The lowest BCUT2D eigenvalue weighted by Gasteiger charge is -2.28. The Balaban J connectivity index is 1.45. The molecule has 0 radical (unpaired) electrons. The Bertz CT molecular complexity index is 1860. The molecule has 38 heavy (non-hydrogen) atoms. The smallest absolute Gasteiger partial charge is 0.0468 e. The van der Waals surface area contributed by atoms with Gasteiger partial charge in [-0.3, -0.25) is 0 Å². The third kappa shape index (κ3) is 2.99. The van der Waals surface area contributed by atoms with Crippen LogP contribution >= 0.6 is 0 Å². The van der Waals surface area contributed by atoms with Crippen molar-refractivity contribution in [1.82, 2.24) is 0 Å². The standard InChI is InChI=1S/C37H25N/c1-24-10-7-13-26(22-24)38(25-11-3-2-4-12-25)27-20-21-29-32-17-9-18-33-34-19-8-16-31(37(34)35(29)23-27)28-14-5-6-15-30(28)36(32)33/h2-23H,1H3. The number of para-hydroxylation sites is 1. The minimum atomic E-state index is 1.15. The summed E-state index contributed by atoms with van der Waals surface area (Å²) >= 11 is 0. The van der Waals surface area contributed by atoms with Gasteiger partial charge in [0.15, 0.2) is 0 Å². The Hall–Kier alpha value is -4.88. The summed E-state index contributed by atoms with van der Waals surface area (Å²) < 4.78 is 0. The van der Waals surface area contributed by atoms with E-state index in [0.717, 1.165) is 17.1 Å². The molecule has 1 nitrogen and oxygen atoms in total. The van der Waals surface area contributed by atoms with Crippen molar-refractivity contribution >= 4 is 17.1 Å². The minimum absolute atomic E-state index is 1.15. The first-order valence-electron chi connectivity index (χ1n) is 13.2. The molecule has 0 aliphatic heterocycles. The number of nitrogens with zero attached hydrogens (tertiary/aromatic N) is 1. The maximum atomic E-state index is 2.40. The van der Waals surface area contributed by atoms with E-state index in [4.69, 9.17) is 0 Å². The second kappa shape index (κ2) is 8.06. The largest absolute Gasteiger partial charge is 0.310 e. The number of benzene rings is 6. The summed E-state index contributed by atoms with van der Waals surface area (Å²) in [5, 5.41) is 0. The first kappa shape index (κ1) is 21.2. The minimum Gasteiger partial charge on any atom is -0.310 e. The van der Waals surface area contributed by atoms with E-state index in [-0.39, 0.29) is 0 Å². The molecule has 0 saturated carbocycles. The fourth-order valence-corrected chi connectivity index (χ4v) is 6.42. The second-order valence-electron chi connectivity index (χ2n) is 10.2. The van der Waals surface area contributed by atoms with Gasteiger partial charge in [-0.25, -0.2) is 0 Å². The summed E-state index contributed by atoms with van der Waals surface area (Å²) in [4.78, 5) is 2.37. The van der Waals surface area contributed by atoms with Gasteiger partial charge in [-0.1, -0.05) is 97.1 Å². The fraction of sp³-hybridized carbons (Fsp3) is 0.0270. The van der Waals surface area contributed by atoms with Gasteiger partial charge in [0.1, 0.15) is 0 Å². The zero-order chi connectivity index (χ0) is 25.2. The molecule has 0 saturated heterocycles. The Labute approximate surface area is 223 Å². The molecular formula is C37H25N. The Morgan fingerprint density at radius 2 is 0.842 bits per heavy atom. The molecule has 0 N–H and O–H groups in total. The quantitative estimate of drug-likeness (QED) is 0.242. The van der Waals surface area contributed by atoms with Gasteiger partial charge in [-0.2, -0.15) is 0 Å². The van der Waals surface area contributed by atoms with Crippen LogP contribution in [-0.2, 0) is 0 Å². The van der Waals surface area contributed by atoms with Crippen LogP contribution in [0.3, 0.4) is 0 Å². The Morgan fingerprint density at radius 1 is 0.342 bits per heavy atom. The average molecular weight is 484 g/mol. The van der Waals surface area contributed by atoms with Crippen LogP contribution in [0, 0.1) is 6.92 Å². The van der Waals surface area contributed by atoms with Crippen molar-refractivity contribution in [1.29, 1.82) is 0 Å². The van der Waals surface area contributed by atoms with Gasteiger partial charge >= 0.3 is 0 Å². The third-order valence-electron chi connectivity index (χ3n) is 8.00. The summed E-state index contributed by atoms with van der Waals surface area (Å²) in [6.45, 7) is 2.16. The molecule has 8 rings (SSSR count). The van der Waals surface area contributed by atoms with Crippen LogP contribution in [0.5, 0.6) is 0 Å². The number of hydrogen-bond acceptors (Lipinski definition) is 1. The molecule has 2 aliphatic carbocycles. The number of aryl methyl sites for hydroxylation is 1. The van der Waals surface area contributed by atoms with Crippen LogP contribution in [0.4, 0.5) is 17.1 Å². The molecular weight excluding hydrogens is 458 g/mol. The van der Waals surface area contributed by atoms with E-state index < -0.39 is 0 Å². The number of anilines is 3. The Morgan fingerprint density at radius 3 is 1.55 bits per heavy atom. The van der Waals surface area contributed by atoms with Gasteiger partial charge in [0.05, 0.1) is 0 Å². The summed E-state index contributed by atoms with van der Waals surface area (Å²) in [6, 6.07) is 49.0. The fourth-order valence-electron chi connectivity index (χ4n) is 6.42. The van der Waals surface area contributed by atoms with E-state index in [2.05, 4.69) is 145 Å². The van der Waals surface area contributed by atoms with Gasteiger partial charge < -0.3 is 4.90 Å². The van der Waals surface area contributed by atoms with Crippen molar-refractivity contribution in [3.8, 4) is 55.6 Å². The van der Waals surface area contributed by atoms with Crippen molar-refractivity contribution in [2.45, 2.75) is 6.92 Å². The molecule has 6 aromatic rings. The van der Waals surface area contributed by atoms with E-state index in [9.17, 15) is 0 Å². The topological polar surface area (TPSA) is 3.24 Å². The first-order chi connectivity index (χ1) is 18.8. The predicted octanol–water partition coefficient (Wildman–Crippen LogP) is 10.4. The molecule has 0 unspecified atom stereocenters. The second-order valence-corrected chi connectivity index (χ2v) is 10.2. The maximum absolute atomic E-state index is 2.40. The highest BCUT2D eigenvalue weighted by atomic mass is 15.1. The normalized spacial score (nSPS) is 11.8. The molecule has 0 fully saturated rings. The molecule has 178 valence electrons. The highest BCUT2D eigenvalue weighted by Gasteiger charge is 2.31. The van der Waals surface area contributed by atoms with Crippen molar-refractivity contribution in [3.05, 3.63) is 139 Å². The van der Waals surface area contributed by atoms with E-state index in [1.165, 1.54) is 61.2 Å². The lowest BCUT2D eigenvalue weighted by molar-refractivity contribution is 1.27. The number of hydrogen-bond donors (Lipinski definition) is 0. The van der Waals surface area contributed by atoms with E-state index in [1.807, 2.05) is 0 Å². The molecule has 0 spiro atoms. The number of rotatable bonds is 3. The summed E-state index contributed by atoms with van der Waals surface area (Å²) in [5.74, 6) is 0. The van der Waals surface area contributed by atoms with Crippen LogP contribution < -0.4 is 4.90 Å². The van der Waals surface area contributed by atoms with Gasteiger partial charge in [0.2, 0.25) is 0 Å². The van der Waals surface area contributed by atoms with Crippen molar-refractivity contribution in [3.63, 3.8) is 0 Å². The highest BCUT2D eigenvalue weighted by Crippen LogP contribution is 2.57. The van der Waals surface area contributed by atoms with Crippen molar-refractivity contribution in [2.24, 2.45) is 0 Å². The van der Waals surface area contributed by atoms with Crippen LogP contribution in [-0.4, -0.2) is 0 Å². The first-order valence-corrected chi connectivity index (χ1v) is 13.2. The average Bonchev–Trinajstić information content (AvgIpc) is 3.07. The summed E-state index contributed by atoms with van der Waals surface area (Å²) in [7, 11) is 0. The van der Waals surface area contributed by atoms with E-state index in [1.54, 1.807) is 0 Å². The van der Waals surface area contributed by atoms with Crippen LogP contribution in [0.1, 0.15) is 5.56 Å². The molecule has 0 amide bonds. The van der Waals surface area contributed by atoms with Crippen LogP contribution in [0.25, 0.3) is 55.6 Å². The highest BCUT2D eigenvalue weighted by molar-refractivity contribution is 6.15. The molecule has 0 aromatic heterocycles. The van der Waals surface area contributed by atoms with Crippen molar-refractivity contribution in [2.75, 3.05) is 4.90 Å². The summed E-state index contributed by atoms with van der Waals surface area (Å²) in [6.07, 6.45) is 0. The van der Waals surface area contributed by atoms with E-state index in [0.29, 0.717) is 0 Å². The zero-order valence-electron chi connectivity index (χ0n) is 21.1. The van der Waals surface area contributed by atoms with Gasteiger partial charge in [-0.05, 0) is 105 Å². The molecule has 1 heteroatoms. The molecule has 2 aliphatic rings. The van der Waals surface area contributed by atoms with Gasteiger partial charge in [0, 0.05) is 17.1 Å². The van der Waals surface area contributed by atoms with Gasteiger partial charge in [-0.15, -0.1) is 0 Å². The number of fused-ring (bicyclic) bond motifs is 4. The van der Waals surface area contributed by atoms with Crippen LogP contribution in [0.15, 0.2) is 133 Å². The SMILES string of the molecule is Cc1cccc(N(c2ccccc2)c2ccc3c(c2)-c2c4cccc2-c2cccc-3c2-c2ccccc2-4)c1. The molecule has 6 bridgehead atoms. The molecule has 6 aromatic carbocycles. The zero-order valence-corrected chi connectivity index (χ0v) is 21.1. The van der Waals surface area contributed by atoms with Gasteiger partial charge in [0.25, 0.3) is 0 Å².